The van der Waals surface area contributed by atoms with Gasteiger partial charge in [0, 0.05) is 45.7 Å². The van der Waals surface area contributed by atoms with E-state index in [1.807, 2.05) is 42.5 Å². The lowest BCUT2D eigenvalue weighted by atomic mass is 9.93. The Morgan fingerprint density at radius 3 is 1.93 bits per heavy atom. The van der Waals surface area contributed by atoms with Crippen LogP contribution in [0.25, 0.3) is 21.8 Å². The van der Waals surface area contributed by atoms with Crippen molar-refractivity contribution in [2.24, 2.45) is 4.99 Å². The number of nitrogen functional groups attached to an aromatic ring is 1. The lowest BCUT2D eigenvalue weighted by Crippen LogP contribution is -2.22. The van der Waals surface area contributed by atoms with Gasteiger partial charge in [-0.05, 0) is 98.9 Å². The minimum absolute atomic E-state index is 0. The number of amides is 2. The summed E-state index contributed by atoms with van der Waals surface area (Å²) >= 11 is 0. The van der Waals surface area contributed by atoms with Gasteiger partial charge in [0.05, 0.1) is 22.4 Å². The normalized spacial score (nSPS) is 14.0. The topological polar surface area (TPSA) is 159 Å². The van der Waals surface area contributed by atoms with Crippen LogP contribution in [0.1, 0.15) is 48.2 Å². The Morgan fingerprint density at radius 1 is 0.655 bits per heavy atom. The summed E-state index contributed by atoms with van der Waals surface area (Å²) < 4.78 is 20.8. The first kappa shape index (κ1) is 37.0. The van der Waals surface area contributed by atoms with E-state index in [0.717, 1.165) is 83.0 Å². The second kappa shape index (κ2) is 16.8. The number of pyridine rings is 2. The first-order valence-electron chi connectivity index (χ1n) is 18.1. The number of isocyanates is 1. The summed E-state index contributed by atoms with van der Waals surface area (Å²) in [5.41, 5.74) is 15.9. The number of fused-ring (bicyclic) bond motifs is 6. The van der Waals surface area contributed by atoms with Crippen molar-refractivity contribution < 1.29 is 28.5 Å². The number of nitrogens with zero attached hydrogens (tertiary/aromatic N) is 3. The molecular formula is C42H39ClN6O6. The number of urea groups is 1. The van der Waals surface area contributed by atoms with Crippen LogP contribution in [0.5, 0.6) is 23.0 Å². The number of anilines is 3. The largest absolute Gasteiger partial charge is 0.454 e. The van der Waals surface area contributed by atoms with Crippen LogP contribution in [0, 0.1) is 0 Å². The van der Waals surface area contributed by atoms with Gasteiger partial charge in [0.25, 0.3) is 0 Å². The smallest absolute Gasteiger partial charge is 0.323 e. The fourth-order valence-electron chi connectivity index (χ4n) is 7.18. The molecule has 2 amide bonds. The second-order valence-corrected chi connectivity index (χ2v) is 13.2. The van der Waals surface area contributed by atoms with Gasteiger partial charge in [-0.1, -0.05) is 36.4 Å². The molecule has 280 valence electrons. The third-order valence-corrected chi connectivity index (χ3v) is 9.78. The number of hydrogen-bond acceptors (Lipinski definition) is 10. The van der Waals surface area contributed by atoms with E-state index in [2.05, 4.69) is 21.7 Å². The number of benzene rings is 4. The zero-order valence-corrected chi connectivity index (χ0v) is 30.7. The van der Waals surface area contributed by atoms with Crippen LogP contribution in [-0.2, 0) is 30.5 Å². The molecule has 6 aromatic rings. The number of hydrogen-bond donors (Lipinski definition) is 3. The Bertz CT molecular complexity index is 2440. The van der Waals surface area contributed by atoms with Crippen molar-refractivity contribution in [2.75, 3.05) is 30.0 Å². The van der Waals surface area contributed by atoms with Crippen molar-refractivity contribution in [3.05, 3.63) is 107 Å². The number of ether oxygens (including phenoxy) is 4. The summed E-state index contributed by atoms with van der Waals surface area (Å²) in [5.74, 6) is 2.63. The van der Waals surface area contributed by atoms with E-state index in [4.69, 9.17) is 34.6 Å². The molecule has 0 bridgehead atoms. The molecule has 4 N–H and O–H groups in total. The average molecular weight is 759 g/mol. The number of nitrogens with two attached hydrogens (primary N) is 1. The van der Waals surface area contributed by atoms with Crippen LogP contribution in [0.15, 0.2) is 89.9 Å². The molecule has 13 heteroatoms. The zero-order valence-electron chi connectivity index (χ0n) is 29.9. The first-order chi connectivity index (χ1) is 26.5. The molecule has 2 aromatic heterocycles. The van der Waals surface area contributed by atoms with Crippen LogP contribution in [-0.4, -0.2) is 35.7 Å². The van der Waals surface area contributed by atoms with Crippen molar-refractivity contribution in [1.82, 2.24) is 9.97 Å². The molecule has 0 saturated carbocycles. The van der Waals surface area contributed by atoms with Gasteiger partial charge in [-0.2, -0.15) is 4.99 Å². The quantitative estimate of drug-likeness (QED) is 0.118. The van der Waals surface area contributed by atoms with Gasteiger partial charge in [0.2, 0.25) is 19.7 Å². The lowest BCUT2D eigenvalue weighted by Gasteiger charge is -2.21. The summed E-state index contributed by atoms with van der Waals surface area (Å²) in [7, 11) is 0. The molecule has 4 aromatic carbocycles. The highest BCUT2D eigenvalue weighted by molar-refractivity contribution is 6.06. The number of aromatic nitrogens is 2. The second-order valence-electron chi connectivity index (χ2n) is 13.2. The van der Waals surface area contributed by atoms with Gasteiger partial charge in [0.1, 0.15) is 0 Å². The SMILES string of the molecule is Cl.Nc1c2c(nc3ccccc13)CCCC2.O=C(Nc1ccc2c(c1)OCO2)Nc1c2c(nc3ccccc13)CCCC2.O=C=Nc1ccc2c(c1)OCO2. The van der Waals surface area contributed by atoms with E-state index in [9.17, 15) is 9.59 Å². The summed E-state index contributed by atoms with van der Waals surface area (Å²) in [6, 6.07) is 26.2. The Hall–Kier alpha value is -6.36. The fraction of sp³-hybridized carbons (Fsp3) is 0.238. The number of para-hydroxylation sites is 2. The number of halogens is 1. The van der Waals surface area contributed by atoms with Crippen LogP contribution in [0.4, 0.5) is 27.5 Å². The maximum Gasteiger partial charge on any atom is 0.323 e. The Balaban J connectivity index is 0.000000140. The van der Waals surface area contributed by atoms with E-state index in [0.29, 0.717) is 34.4 Å². The maximum atomic E-state index is 12.7. The summed E-state index contributed by atoms with van der Waals surface area (Å²) in [6.07, 6.45) is 10.3. The predicted octanol–water partition coefficient (Wildman–Crippen LogP) is 8.99. The molecule has 10 rings (SSSR count). The molecular weight excluding hydrogens is 720 g/mol. The average Bonchev–Trinajstić information content (AvgIpc) is 3.88. The first-order valence-corrected chi connectivity index (χ1v) is 18.1. The Kier molecular flexibility index (Phi) is 11.3. The van der Waals surface area contributed by atoms with Crippen LogP contribution >= 0.6 is 12.4 Å². The molecule has 0 unspecified atom stereocenters. The Morgan fingerprint density at radius 2 is 1.22 bits per heavy atom. The minimum Gasteiger partial charge on any atom is -0.454 e. The van der Waals surface area contributed by atoms with Gasteiger partial charge >= 0.3 is 6.03 Å². The lowest BCUT2D eigenvalue weighted by molar-refractivity contribution is 0.173. The highest BCUT2D eigenvalue weighted by atomic mass is 35.5. The maximum absolute atomic E-state index is 12.7. The van der Waals surface area contributed by atoms with Gasteiger partial charge in [-0.15, -0.1) is 12.4 Å². The molecule has 0 fully saturated rings. The number of rotatable bonds is 3. The molecule has 4 aliphatic rings. The zero-order chi connectivity index (χ0) is 36.9. The number of carbonyl (C=O) groups is 1. The van der Waals surface area contributed by atoms with Crippen molar-refractivity contribution in [1.29, 1.82) is 0 Å². The van der Waals surface area contributed by atoms with Gasteiger partial charge in [-0.3, -0.25) is 9.97 Å². The fourth-order valence-corrected chi connectivity index (χ4v) is 7.18. The Labute approximate surface area is 323 Å². The monoisotopic (exact) mass is 758 g/mol. The van der Waals surface area contributed by atoms with Crippen molar-refractivity contribution in [3.63, 3.8) is 0 Å². The van der Waals surface area contributed by atoms with Gasteiger partial charge < -0.3 is 35.3 Å². The number of aryl methyl sites for hydroxylation is 2. The summed E-state index contributed by atoms with van der Waals surface area (Å²) in [5, 5.41) is 8.03. The van der Waals surface area contributed by atoms with Gasteiger partial charge in [0.15, 0.2) is 23.0 Å². The van der Waals surface area contributed by atoms with E-state index in [1.165, 1.54) is 30.2 Å². The highest BCUT2D eigenvalue weighted by Crippen LogP contribution is 2.37. The van der Waals surface area contributed by atoms with Crippen molar-refractivity contribution in [3.8, 4) is 23.0 Å². The van der Waals surface area contributed by atoms with E-state index >= 15 is 0 Å². The molecule has 2 aliphatic heterocycles. The third kappa shape index (κ3) is 8.11. The standard InChI is InChI=1S/C21H19N3O3.C13H14N2.C8H5NO3.ClH/c25-21(22-13-9-10-18-19(11-13)27-12-26-18)24-20-14-5-1-3-7-16(14)23-17-8-4-2-6-15(17)20;14-13-9-5-1-3-7-11(9)15-12-8-4-2-6-10(12)13;10-4-9-6-1-2-7-8(3-6)12-5-11-7;/h1,3,5,7,9-11H,2,4,6,8,12H2,(H2,22,23,24,25);1,3,5,7H,2,4,6,8H2,(H2,14,15);1-3H,5H2;1H. The molecule has 0 spiro atoms. The summed E-state index contributed by atoms with van der Waals surface area (Å²) in [6.45, 7) is 0.434. The number of nitrogens with one attached hydrogen (secondary N) is 2. The van der Waals surface area contributed by atoms with Gasteiger partial charge in [-0.25, -0.2) is 9.59 Å². The third-order valence-electron chi connectivity index (χ3n) is 9.78. The highest BCUT2D eigenvalue weighted by Gasteiger charge is 2.21. The number of aliphatic imine (C=N–C) groups is 1. The molecule has 0 atom stereocenters. The molecule has 0 radical (unpaired) electrons. The van der Waals surface area contributed by atoms with E-state index in [-0.39, 0.29) is 32.0 Å². The van der Waals surface area contributed by atoms with E-state index in [1.54, 1.807) is 36.4 Å². The van der Waals surface area contributed by atoms with Crippen LogP contribution < -0.4 is 35.3 Å². The minimum atomic E-state index is -0.280. The van der Waals surface area contributed by atoms with Crippen molar-refractivity contribution >= 4 is 69.1 Å². The predicted molar refractivity (Wildman–Crippen MR) is 214 cm³/mol. The van der Waals surface area contributed by atoms with Crippen molar-refractivity contribution in [2.45, 2.75) is 51.4 Å². The number of carbonyl (C=O) groups excluding carboxylic acids is 2. The van der Waals surface area contributed by atoms with E-state index < -0.39 is 0 Å². The molecule has 4 heterocycles. The summed E-state index contributed by atoms with van der Waals surface area (Å²) in [4.78, 5) is 35.6. The molecule has 12 nitrogen and oxygen atoms in total. The molecule has 0 saturated heterocycles. The van der Waals surface area contributed by atoms with Crippen LogP contribution in [0.2, 0.25) is 0 Å². The van der Waals surface area contributed by atoms with Crippen LogP contribution in [0.3, 0.4) is 0 Å². The molecule has 2 aliphatic carbocycles. The molecule has 55 heavy (non-hydrogen) atoms.